The van der Waals surface area contributed by atoms with Crippen molar-refractivity contribution in [3.05, 3.63) is 16.8 Å². The molecule has 0 atom stereocenters. The molecule has 1 aromatic heterocycles. The van der Waals surface area contributed by atoms with Gasteiger partial charge in [-0.05, 0) is 19.4 Å². The summed E-state index contributed by atoms with van der Waals surface area (Å²) in [7, 11) is 0. The molecule has 0 aliphatic heterocycles. The third kappa shape index (κ3) is 2.59. The SMILES string of the molecule is Cc1nnc(NCC(F)F)c(C#N)c1C. The van der Waals surface area contributed by atoms with Crippen molar-refractivity contribution in [3.63, 3.8) is 0 Å². The summed E-state index contributed by atoms with van der Waals surface area (Å²) in [6, 6.07) is 1.92. The molecule has 6 heteroatoms. The average molecular weight is 212 g/mol. The topological polar surface area (TPSA) is 61.6 Å². The van der Waals surface area contributed by atoms with Gasteiger partial charge in [-0.1, -0.05) is 0 Å². The summed E-state index contributed by atoms with van der Waals surface area (Å²) in [5.74, 6) is 0.112. The molecule has 0 fully saturated rings. The smallest absolute Gasteiger partial charge is 0.255 e. The maximum absolute atomic E-state index is 11.9. The third-order valence-electron chi connectivity index (χ3n) is 1.99. The van der Waals surface area contributed by atoms with E-state index in [1.54, 1.807) is 13.8 Å². The van der Waals surface area contributed by atoms with E-state index in [2.05, 4.69) is 15.5 Å². The van der Waals surface area contributed by atoms with Gasteiger partial charge < -0.3 is 5.32 Å². The molecule has 0 spiro atoms. The zero-order valence-electron chi connectivity index (χ0n) is 8.38. The van der Waals surface area contributed by atoms with Crippen LogP contribution in [0.25, 0.3) is 0 Å². The Morgan fingerprint density at radius 3 is 2.60 bits per heavy atom. The molecule has 4 nitrogen and oxygen atoms in total. The van der Waals surface area contributed by atoms with Crippen molar-refractivity contribution < 1.29 is 8.78 Å². The molecule has 0 saturated carbocycles. The fourth-order valence-corrected chi connectivity index (χ4v) is 1.04. The third-order valence-corrected chi connectivity index (χ3v) is 1.99. The highest BCUT2D eigenvalue weighted by Gasteiger charge is 2.11. The number of hydrogen-bond donors (Lipinski definition) is 1. The first kappa shape index (κ1) is 11.3. The lowest BCUT2D eigenvalue weighted by molar-refractivity contribution is 0.163. The summed E-state index contributed by atoms with van der Waals surface area (Å²) in [6.07, 6.45) is -2.49. The van der Waals surface area contributed by atoms with Crippen LogP contribution in [0.15, 0.2) is 0 Å². The second-order valence-electron chi connectivity index (χ2n) is 3.02. The first-order chi connectivity index (χ1) is 7.06. The van der Waals surface area contributed by atoms with Crippen LogP contribution < -0.4 is 5.32 Å². The first-order valence-corrected chi connectivity index (χ1v) is 4.32. The van der Waals surface area contributed by atoms with Crippen molar-refractivity contribution in [1.82, 2.24) is 10.2 Å². The molecule has 0 bridgehead atoms. The van der Waals surface area contributed by atoms with E-state index in [9.17, 15) is 8.78 Å². The highest BCUT2D eigenvalue weighted by atomic mass is 19.3. The van der Waals surface area contributed by atoms with Crippen LogP contribution in [-0.4, -0.2) is 23.2 Å². The number of aryl methyl sites for hydroxylation is 1. The zero-order valence-corrected chi connectivity index (χ0v) is 8.38. The number of nitrogens with one attached hydrogen (secondary N) is 1. The lowest BCUT2D eigenvalue weighted by Gasteiger charge is -2.08. The van der Waals surface area contributed by atoms with Crippen molar-refractivity contribution in [2.45, 2.75) is 20.3 Å². The summed E-state index contributed by atoms with van der Waals surface area (Å²) in [6.45, 7) is 2.88. The van der Waals surface area contributed by atoms with Gasteiger partial charge in [0.2, 0.25) is 0 Å². The van der Waals surface area contributed by atoms with Crippen LogP contribution in [0.5, 0.6) is 0 Å². The fraction of sp³-hybridized carbons (Fsp3) is 0.444. The van der Waals surface area contributed by atoms with Crippen molar-refractivity contribution >= 4 is 5.82 Å². The first-order valence-electron chi connectivity index (χ1n) is 4.32. The Kier molecular flexibility index (Phi) is 3.50. The highest BCUT2D eigenvalue weighted by molar-refractivity contribution is 5.55. The maximum Gasteiger partial charge on any atom is 0.255 e. The van der Waals surface area contributed by atoms with Crippen LogP contribution in [-0.2, 0) is 0 Å². The van der Waals surface area contributed by atoms with E-state index in [-0.39, 0.29) is 11.4 Å². The lowest BCUT2D eigenvalue weighted by Crippen LogP contribution is -2.14. The number of hydrogen-bond acceptors (Lipinski definition) is 4. The molecule has 1 rings (SSSR count). The molecule has 0 amide bonds. The molecule has 1 aromatic rings. The number of anilines is 1. The van der Waals surface area contributed by atoms with E-state index in [0.717, 1.165) is 0 Å². The number of nitrogens with zero attached hydrogens (tertiary/aromatic N) is 3. The Balaban J connectivity index is 2.99. The Labute approximate surface area is 85.9 Å². The highest BCUT2D eigenvalue weighted by Crippen LogP contribution is 2.16. The van der Waals surface area contributed by atoms with Gasteiger partial charge in [0.15, 0.2) is 5.82 Å². The van der Waals surface area contributed by atoms with Crippen LogP contribution in [0.3, 0.4) is 0 Å². The Morgan fingerprint density at radius 2 is 2.07 bits per heavy atom. The van der Waals surface area contributed by atoms with Gasteiger partial charge in [-0.3, -0.25) is 0 Å². The molecule has 0 unspecified atom stereocenters. The van der Waals surface area contributed by atoms with Crippen LogP contribution in [0.1, 0.15) is 16.8 Å². The van der Waals surface area contributed by atoms with Gasteiger partial charge in [0.1, 0.15) is 11.6 Å². The normalized spacial score (nSPS) is 10.1. The van der Waals surface area contributed by atoms with E-state index < -0.39 is 13.0 Å². The molecule has 0 radical (unpaired) electrons. The number of halogens is 2. The van der Waals surface area contributed by atoms with Crippen LogP contribution in [0.4, 0.5) is 14.6 Å². The van der Waals surface area contributed by atoms with Gasteiger partial charge >= 0.3 is 0 Å². The predicted molar refractivity (Wildman–Crippen MR) is 50.7 cm³/mol. The monoisotopic (exact) mass is 212 g/mol. The van der Waals surface area contributed by atoms with Gasteiger partial charge in [-0.25, -0.2) is 8.78 Å². The summed E-state index contributed by atoms with van der Waals surface area (Å²) >= 11 is 0. The largest absolute Gasteiger partial charge is 0.362 e. The number of nitriles is 1. The van der Waals surface area contributed by atoms with Gasteiger partial charge in [0, 0.05) is 0 Å². The number of aromatic nitrogens is 2. The minimum absolute atomic E-state index is 0.112. The van der Waals surface area contributed by atoms with E-state index in [1.165, 1.54) is 0 Å². The molecule has 0 aromatic carbocycles. The summed E-state index contributed by atoms with van der Waals surface area (Å²) in [5, 5.41) is 18.7. The van der Waals surface area contributed by atoms with Crippen molar-refractivity contribution in [2.24, 2.45) is 0 Å². The number of alkyl halides is 2. The van der Waals surface area contributed by atoms with Crippen LogP contribution in [0.2, 0.25) is 0 Å². The van der Waals surface area contributed by atoms with Crippen LogP contribution >= 0.6 is 0 Å². The molecule has 1 N–H and O–H groups in total. The molecule has 0 saturated heterocycles. The molecular formula is C9H10F2N4. The summed E-state index contributed by atoms with van der Waals surface area (Å²) in [5.41, 5.74) is 1.54. The van der Waals surface area contributed by atoms with E-state index in [0.29, 0.717) is 11.3 Å². The minimum atomic E-state index is -2.49. The second kappa shape index (κ2) is 4.64. The molecule has 0 aliphatic carbocycles. The summed E-state index contributed by atoms with van der Waals surface area (Å²) in [4.78, 5) is 0. The molecule has 15 heavy (non-hydrogen) atoms. The lowest BCUT2D eigenvalue weighted by atomic mass is 10.1. The predicted octanol–water partition coefficient (Wildman–Crippen LogP) is 1.64. The van der Waals surface area contributed by atoms with Crippen molar-refractivity contribution in [1.29, 1.82) is 5.26 Å². The van der Waals surface area contributed by atoms with E-state index in [4.69, 9.17) is 5.26 Å². The van der Waals surface area contributed by atoms with Crippen molar-refractivity contribution in [2.75, 3.05) is 11.9 Å². The standard InChI is InChI=1S/C9H10F2N4/c1-5-6(2)14-15-9(7(5)3-12)13-4-8(10)11/h8H,4H2,1-2H3,(H,13,15). The van der Waals surface area contributed by atoms with Crippen LogP contribution in [0, 0.1) is 25.2 Å². The zero-order chi connectivity index (χ0) is 11.4. The van der Waals surface area contributed by atoms with E-state index >= 15 is 0 Å². The van der Waals surface area contributed by atoms with E-state index in [1.807, 2.05) is 6.07 Å². The Morgan fingerprint density at radius 1 is 1.40 bits per heavy atom. The quantitative estimate of drug-likeness (QED) is 0.827. The molecule has 1 heterocycles. The van der Waals surface area contributed by atoms with Crippen molar-refractivity contribution in [3.8, 4) is 6.07 Å². The summed E-state index contributed by atoms with van der Waals surface area (Å²) < 4.78 is 23.9. The van der Waals surface area contributed by atoms with Gasteiger partial charge in [-0.2, -0.15) is 10.4 Å². The maximum atomic E-state index is 11.9. The second-order valence-corrected chi connectivity index (χ2v) is 3.02. The number of rotatable bonds is 3. The Bertz CT molecular complexity index is 398. The van der Waals surface area contributed by atoms with Gasteiger partial charge in [0.05, 0.1) is 12.2 Å². The fourth-order valence-electron chi connectivity index (χ4n) is 1.04. The molecular weight excluding hydrogens is 202 g/mol. The van der Waals surface area contributed by atoms with Gasteiger partial charge in [-0.15, -0.1) is 5.10 Å². The molecule has 80 valence electrons. The van der Waals surface area contributed by atoms with Gasteiger partial charge in [0.25, 0.3) is 6.43 Å². The molecule has 0 aliphatic rings. The Hall–Kier alpha value is -1.77. The average Bonchev–Trinajstić information content (AvgIpc) is 2.19. The minimum Gasteiger partial charge on any atom is -0.362 e.